The summed E-state index contributed by atoms with van der Waals surface area (Å²) < 4.78 is 0. The summed E-state index contributed by atoms with van der Waals surface area (Å²) in [6.45, 7) is 3.34. The van der Waals surface area contributed by atoms with Crippen molar-refractivity contribution in [3.63, 3.8) is 0 Å². The van der Waals surface area contributed by atoms with Gasteiger partial charge in [0.2, 0.25) is 11.8 Å². The normalized spacial score (nSPS) is 29.1. The van der Waals surface area contributed by atoms with Gasteiger partial charge in [-0.05, 0) is 45.4 Å². The first-order valence-electron chi connectivity index (χ1n) is 7.83. The zero-order valence-electron chi connectivity index (χ0n) is 12.3. The summed E-state index contributed by atoms with van der Waals surface area (Å²) in [5.41, 5.74) is 0. The summed E-state index contributed by atoms with van der Waals surface area (Å²) in [5, 5.41) is 12.4. The van der Waals surface area contributed by atoms with Crippen LogP contribution >= 0.6 is 0 Å². The minimum absolute atomic E-state index is 0.0302. The van der Waals surface area contributed by atoms with Crippen molar-refractivity contribution >= 4 is 11.8 Å². The fraction of sp³-hybridized carbons (Fsp3) is 0.867. The number of carbonyl (C=O) groups is 2. The van der Waals surface area contributed by atoms with Crippen LogP contribution < -0.4 is 5.32 Å². The van der Waals surface area contributed by atoms with Crippen molar-refractivity contribution in [3.8, 4) is 0 Å². The number of aliphatic hydroxyl groups is 1. The van der Waals surface area contributed by atoms with E-state index in [1.165, 1.54) is 0 Å². The second-order valence-electron chi connectivity index (χ2n) is 6.14. The van der Waals surface area contributed by atoms with E-state index in [0.717, 1.165) is 45.1 Å². The van der Waals surface area contributed by atoms with Gasteiger partial charge in [0.05, 0.1) is 6.10 Å². The third-order valence-corrected chi connectivity index (χ3v) is 4.53. The summed E-state index contributed by atoms with van der Waals surface area (Å²) in [4.78, 5) is 25.8. The lowest BCUT2D eigenvalue weighted by atomic mass is 9.87. The molecular weight excluding hydrogens is 256 g/mol. The van der Waals surface area contributed by atoms with Crippen molar-refractivity contribution in [2.45, 2.75) is 64.0 Å². The molecule has 2 aliphatic rings. The quantitative estimate of drug-likeness (QED) is 0.810. The molecule has 5 nitrogen and oxygen atoms in total. The highest BCUT2D eigenvalue weighted by Crippen LogP contribution is 2.24. The molecule has 0 bridgehead atoms. The van der Waals surface area contributed by atoms with Gasteiger partial charge in [-0.15, -0.1) is 0 Å². The molecule has 20 heavy (non-hydrogen) atoms. The van der Waals surface area contributed by atoms with Crippen LogP contribution in [0, 0.1) is 5.92 Å². The maximum Gasteiger partial charge on any atom is 0.223 e. The van der Waals surface area contributed by atoms with Gasteiger partial charge < -0.3 is 15.3 Å². The van der Waals surface area contributed by atoms with Crippen LogP contribution in [0.1, 0.15) is 51.9 Å². The van der Waals surface area contributed by atoms with Gasteiger partial charge in [0.1, 0.15) is 0 Å². The van der Waals surface area contributed by atoms with Gasteiger partial charge in [-0.25, -0.2) is 0 Å². The van der Waals surface area contributed by atoms with Crippen LogP contribution in [-0.2, 0) is 9.59 Å². The molecule has 1 atom stereocenters. The molecule has 2 rings (SSSR count). The number of likely N-dealkylation sites (tertiary alicyclic amines) is 1. The predicted molar refractivity (Wildman–Crippen MR) is 76.0 cm³/mol. The topological polar surface area (TPSA) is 69.6 Å². The minimum atomic E-state index is -0.232. The minimum Gasteiger partial charge on any atom is -0.393 e. The van der Waals surface area contributed by atoms with E-state index in [1.807, 2.05) is 11.8 Å². The molecule has 1 unspecified atom stereocenters. The number of carbonyl (C=O) groups excluding carboxylic acids is 2. The lowest BCUT2D eigenvalue weighted by Crippen LogP contribution is -2.48. The van der Waals surface area contributed by atoms with Crippen LogP contribution in [0.25, 0.3) is 0 Å². The van der Waals surface area contributed by atoms with Gasteiger partial charge in [0.25, 0.3) is 0 Å². The van der Waals surface area contributed by atoms with Gasteiger partial charge in [-0.1, -0.05) is 0 Å². The lowest BCUT2D eigenvalue weighted by molar-refractivity contribution is -0.136. The van der Waals surface area contributed by atoms with E-state index < -0.39 is 0 Å². The largest absolute Gasteiger partial charge is 0.393 e. The van der Waals surface area contributed by atoms with Gasteiger partial charge in [0.15, 0.2) is 0 Å². The highest BCUT2D eigenvalue weighted by atomic mass is 16.3. The summed E-state index contributed by atoms with van der Waals surface area (Å²) in [6, 6.07) is 0.0703. The molecule has 5 heteroatoms. The molecule has 1 aliphatic carbocycles. The summed E-state index contributed by atoms with van der Waals surface area (Å²) in [6.07, 6.45) is 5.43. The van der Waals surface area contributed by atoms with E-state index in [2.05, 4.69) is 5.32 Å². The first kappa shape index (κ1) is 15.3. The third kappa shape index (κ3) is 3.95. The van der Waals surface area contributed by atoms with Crippen LogP contribution in [-0.4, -0.2) is 47.1 Å². The Kier molecular flexibility index (Phi) is 5.40. The molecule has 1 saturated heterocycles. The van der Waals surface area contributed by atoms with Crippen LogP contribution in [0.3, 0.4) is 0 Å². The number of amides is 2. The molecule has 2 N–H and O–H groups in total. The van der Waals surface area contributed by atoms with Crippen LogP contribution in [0.5, 0.6) is 0 Å². The number of nitrogens with zero attached hydrogens (tertiary/aromatic N) is 1. The standard InChI is InChI=1S/C15H26N2O3/c1-11(17-9-3-2-4-14(17)19)10-16-15(20)12-5-7-13(18)8-6-12/h11-13,18H,2-10H2,1H3,(H,16,20). The Morgan fingerprint density at radius 1 is 1.35 bits per heavy atom. The number of hydrogen-bond acceptors (Lipinski definition) is 3. The smallest absolute Gasteiger partial charge is 0.223 e. The molecule has 2 fully saturated rings. The lowest BCUT2D eigenvalue weighted by Gasteiger charge is -2.33. The molecule has 114 valence electrons. The molecule has 0 aromatic rings. The Morgan fingerprint density at radius 3 is 2.70 bits per heavy atom. The van der Waals surface area contributed by atoms with E-state index in [9.17, 15) is 14.7 Å². The second kappa shape index (κ2) is 7.07. The molecule has 2 amide bonds. The Bertz CT molecular complexity index is 351. The Balaban J connectivity index is 1.73. The SMILES string of the molecule is CC(CNC(=O)C1CCC(O)CC1)N1CCCCC1=O. The number of aliphatic hydroxyl groups excluding tert-OH is 1. The molecule has 0 radical (unpaired) electrons. The number of hydrogen-bond donors (Lipinski definition) is 2. The molecule has 1 saturated carbocycles. The zero-order valence-corrected chi connectivity index (χ0v) is 12.3. The molecule has 0 aromatic heterocycles. The average Bonchev–Trinajstić information content (AvgIpc) is 2.45. The third-order valence-electron chi connectivity index (χ3n) is 4.53. The maximum absolute atomic E-state index is 12.1. The van der Waals surface area contributed by atoms with E-state index in [4.69, 9.17) is 0 Å². The van der Waals surface area contributed by atoms with Gasteiger partial charge >= 0.3 is 0 Å². The van der Waals surface area contributed by atoms with E-state index in [-0.39, 0.29) is 29.9 Å². The van der Waals surface area contributed by atoms with Crippen molar-refractivity contribution in [3.05, 3.63) is 0 Å². The molecule has 0 spiro atoms. The monoisotopic (exact) mass is 282 g/mol. The Hall–Kier alpha value is -1.10. The summed E-state index contributed by atoms with van der Waals surface area (Å²) >= 11 is 0. The van der Waals surface area contributed by atoms with Gasteiger partial charge in [-0.2, -0.15) is 0 Å². The van der Waals surface area contributed by atoms with E-state index in [1.54, 1.807) is 0 Å². The fourth-order valence-electron chi connectivity index (χ4n) is 3.13. The van der Waals surface area contributed by atoms with Crippen LogP contribution in [0.15, 0.2) is 0 Å². The fourth-order valence-corrected chi connectivity index (χ4v) is 3.13. The van der Waals surface area contributed by atoms with Crippen LogP contribution in [0.4, 0.5) is 0 Å². The average molecular weight is 282 g/mol. The van der Waals surface area contributed by atoms with Crippen molar-refractivity contribution in [1.82, 2.24) is 10.2 Å². The number of piperidine rings is 1. The summed E-state index contributed by atoms with van der Waals surface area (Å²) in [5.74, 6) is 0.314. The van der Waals surface area contributed by atoms with Gasteiger partial charge in [0, 0.05) is 31.5 Å². The molecular formula is C15H26N2O3. The number of nitrogens with one attached hydrogen (secondary N) is 1. The van der Waals surface area contributed by atoms with Gasteiger partial charge in [-0.3, -0.25) is 9.59 Å². The second-order valence-corrected chi connectivity index (χ2v) is 6.14. The maximum atomic E-state index is 12.1. The summed E-state index contributed by atoms with van der Waals surface area (Å²) in [7, 11) is 0. The Labute approximate surface area is 120 Å². The van der Waals surface area contributed by atoms with Crippen molar-refractivity contribution < 1.29 is 14.7 Å². The highest BCUT2D eigenvalue weighted by Gasteiger charge is 2.27. The first-order valence-corrected chi connectivity index (χ1v) is 7.83. The van der Waals surface area contributed by atoms with E-state index >= 15 is 0 Å². The van der Waals surface area contributed by atoms with Crippen molar-refractivity contribution in [2.24, 2.45) is 5.92 Å². The molecule has 1 aliphatic heterocycles. The van der Waals surface area contributed by atoms with Crippen LogP contribution in [0.2, 0.25) is 0 Å². The molecule has 1 heterocycles. The predicted octanol–water partition coefficient (Wildman–Crippen LogP) is 1.05. The zero-order chi connectivity index (χ0) is 14.5. The van der Waals surface area contributed by atoms with E-state index in [0.29, 0.717) is 13.0 Å². The van der Waals surface area contributed by atoms with Crippen molar-refractivity contribution in [1.29, 1.82) is 0 Å². The number of rotatable bonds is 4. The molecule has 0 aromatic carbocycles. The first-order chi connectivity index (χ1) is 9.58. The van der Waals surface area contributed by atoms with Crippen molar-refractivity contribution in [2.75, 3.05) is 13.1 Å². The Morgan fingerprint density at radius 2 is 2.05 bits per heavy atom. The highest BCUT2D eigenvalue weighted by molar-refractivity contribution is 5.79.